The topological polar surface area (TPSA) is 55.5 Å². The average Bonchev–Trinajstić information content (AvgIpc) is 3.31. The Bertz CT molecular complexity index is 796. The Hall–Kier alpha value is -2.50. The van der Waals surface area contributed by atoms with Crippen molar-refractivity contribution in [3.05, 3.63) is 47.8 Å². The molecule has 3 fully saturated rings. The van der Waals surface area contributed by atoms with Crippen LogP contribution in [0.3, 0.4) is 0 Å². The molecule has 27 heavy (non-hydrogen) atoms. The van der Waals surface area contributed by atoms with Gasteiger partial charge in [-0.3, -0.25) is 5.10 Å². The van der Waals surface area contributed by atoms with Crippen molar-refractivity contribution in [2.24, 2.45) is 0 Å². The molecule has 1 N–H and O–H groups in total. The monoisotopic (exact) mass is 365 g/mol. The Labute approximate surface area is 160 Å². The third kappa shape index (κ3) is 2.97. The van der Waals surface area contributed by atoms with E-state index in [0.717, 1.165) is 38.3 Å². The van der Waals surface area contributed by atoms with Crippen molar-refractivity contribution in [1.82, 2.24) is 20.0 Å². The third-order valence-electron chi connectivity index (χ3n) is 6.59. The highest BCUT2D eigenvalue weighted by atomic mass is 16.2. The molecule has 3 aliphatic heterocycles. The van der Waals surface area contributed by atoms with E-state index in [1.807, 2.05) is 15.9 Å². The first-order valence-corrected chi connectivity index (χ1v) is 10.1. The maximum atomic E-state index is 12.8. The standard InChI is InChI=1S/C21H27N5O/c1-15-7-11-26(15)19-4-2-16(3-5-19)18-13-25(14-18)21(27)24-10-8-17(12-24)20-6-9-22-23-20/h2-6,9,15,17-18H,7-8,10-14H2,1H3,(H,22,23)/t15?,17-/m1/s1. The fourth-order valence-corrected chi connectivity index (χ4v) is 4.57. The Morgan fingerprint density at radius 2 is 1.78 bits per heavy atom. The maximum Gasteiger partial charge on any atom is 0.320 e. The van der Waals surface area contributed by atoms with Crippen molar-refractivity contribution in [3.63, 3.8) is 0 Å². The summed E-state index contributed by atoms with van der Waals surface area (Å²) in [6, 6.07) is 11.9. The summed E-state index contributed by atoms with van der Waals surface area (Å²) in [5.41, 5.74) is 3.82. The zero-order valence-corrected chi connectivity index (χ0v) is 15.8. The van der Waals surface area contributed by atoms with Gasteiger partial charge < -0.3 is 14.7 Å². The lowest BCUT2D eigenvalue weighted by Crippen LogP contribution is -2.53. The molecule has 1 aromatic heterocycles. The Morgan fingerprint density at radius 3 is 2.41 bits per heavy atom. The van der Waals surface area contributed by atoms with Crippen molar-refractivity contribution in [2.75, 3.05) is 37.6 Å². The van der Waals surface area contributed by atoms with Gasteiger partial charge in [0.2, 0.25) is 0 Å². The van der Waals surface area contributed by atoms with E-state index in [9.17, 15) is 4.79 Å². The van der Waals surface area contributed by atoms with E-state index in [-0.39, 0.29) is 6.03 Å². The van der Waals surface area contributed by atoms with Crippen LogP contribution in [0.25, 0.3) is 0 Å². The molecule has 0 saturated carbocycles. The molecule has 0 spiro atoms. The number of carbonyl (C=O) groups excluding carboxylic acids is 1. The zero-order valence-electron chi connectivity index (χ0n) is 15.8. The smallest absolute Gasteiger partial charge is 0.320 e. The summed E-state index contributed by atoms with van der Waals surface area (Å²) in [6.07, 6.45) is 4.09. The van der Waals surface area contributed by atoms with Gasteiger partial charge in [-0.15, -0.1) is 0 Å². The van der Waals surface area contributed by atoms with Crippen LogP contribution in [-0.4, -0.2) is 64.8 Å². The Balaban J connectivity index is 1.14. The lowest BCUT2D eigenvalue weighted by atomic mass is 9.91. The van der Waals surface area contributed by atoms with Crippen LogP contribution in [0.2, 0.25) is 0 Å². The average molecular weight is 365 g/mol. The van der Waals surface area contributed by atoms with Gasteiger partial charge in [0.1, 0.15) is 0 Å². The summed E-state index contributed by atoms with van der Waals surface area (Å²) in [5, 5.41) is 7.07. The molecular weight excluding hydrogens is 338 g/mol. The summed E-state index contributed by atoms with van der Waals surface area (Å²) >= 11 is 0. The Morgan fingerprint density at radius 1 is 1.00 bits per heavy atom. The van der Waals surface area contributed by atoms with Gasteiger partial charge in [0, 0.05) is 68.2 Å². The molecule has 2 atom stereocenters. The van der Waals surface area contributed by atoms with Crippen molar-refractivity contribution in [3.8, 4) is 0 Å². The molecule has 6 heteroatoms. The van der Waals surface area contributed by atoms with Gasteiger partial charge in [0.15, 0.2) is 0 Å². The fraction of sp³-hybridized carbons (Fsp3) is 0.524. The minimum Gasteiger partial charge on any atom is -0.369 e. The summed E-state index contributed by atoms with van der Waals surface area (Å²) in [5.74, 6) is 0.868. The molecule has 3 aliphatic rings. The number of benzene rings is 1. The van der Waals surface area contributed by atoms with Gasteiger partial charge in [0.05, 0.1) is 0 Å². The zero-order chi connectivity index (χ0) is 18.4. The molecule has 0 aliphatic carbocycles. The minimum absolute atomic E-state index is 0.194. The number of aromatic nitrogens is 2. The molecular formula is C21H27N5O. The van der Waals surface area contributed by atoms with Gasteiger partial charge in [-0.05, 0) is 43.5 Å². The fourth-order valence-electron chi connectivity index (χ4n) is 4.57. The third-order valence-corrected chi connectivity index (χ3v) is 6.59. The van der Waals surface area contributed by atoms with Crippen molar-refractivity contribution < 1.29 is 4.79 Å². The first kappa shape index (κ1) is 16.7. The summed E-state index contributed by atoms with van der Waals surface area (Å²) < 4.78 is 0. The van der Waals surface area contributed by atoms with E-state index in [1.165, 1.54) is 24.2 Å². The molecule has 142 valence electrons. The van der Waals surface area contributed by atoms with Crippen LogP contribution in [0.1, 0.15) is 42.9 Å². The predicted octanol–water partition coefficient (Wildman–Crippen LogP) is 3.02. The van der Waals surface area contributed by atoms with Crippen LogP contribution < -0.4 is 4.90 Å². The molecule has 0 bridgehead atoms. The quantitative estimate of drug-likeness (QED) is 0.910. The Kier molecular flexibility index (Phi) is 4.06. The molecule has 5 rings (SSSR count). The van der Waals surface area contributed by atoms with E-state index in [4.69, 9.17) is 0 Å². The summed E-state index contributed by atoms with van der Waals surface area (Å²) in [6.45, 7) is 6.76. The second-order valence-electron chi connectivity index (χ2n) is 8.25. The van der Waals surface area contributed by atoms with Crippen LogP contribution in [-0.2, 0) is 0 Å². The molecule has 6 nitrogen and oxygen atoms in total. The number of H-pyrrole nitrogens is 1. The highest BCUT2D eigenvalue weighted by Gasteiger charge is 2.37. The van der Waals surface area contributed by atoms with Gasteiger partial charge in [-0.25, -0.2) is 4.79 Å². The van der Waals surface area contributed by atoms with E-state index >= 15 is 0 Å². The predicted molar refractivity (Wildman–Crippen MR) is 105 cm³/mol. The van der Waals surface area contributed by atoms with Crippen molar-refractivity contribution >= 4 is 11.7 Å². The highest BCUT2D eigenvalue weighted by Crippen LogP contribution is 2.33. The number of carbonyl (C=O) groups is 1. The van der Waals surface area contributed by atoms with Crippen LogP contribution in [0, 0.1) is 0 Å². The van der Waals surface area contributed by atoms with E-state index in [1.54, 1.807) is 6.20 Å². The second-order valence-corrected chi connectivity index (χ2v) is 8.25. The number of hydrogen-bond donors (Lipinski definition) is 1. The van der Waals surface area contributed by atoms with E-state index in [0.29, 0.717) is 17.9 Å². The van der Waals surface area contributed by atoms with Crippen LogP contribution >= 0.6 is 0 Å². The first-order valence-electron chi connectivity index (χ1n) is 10.1. The van der Waals surface area contributed by atoms with Crippen molar-refractivity contribution in [2.45, 2.75) is 37.6 Å². The first-order chi connectivity index (χ1) is 13.2. The molecule has 2 amide bonds. The molecule has 1 unspecified atom stereocenters. The van der Waals surface area contributed by atoms with E-state index < -0.39 is 0 Å². The largest absolute Gasteiger partial charge is 0.369 e. The molecule has 4 heterocycles. The lowest BCUT2D eigenvalue weighted by Gasteiger charge is -2.42. The summed E-state index contributed by atoms with van der Waals surface area (Å²) in [4.78, 5) is 19.2. The lowest BCUT2D eigenvalue weighted by molar-refractivity contribution is 0.121. The number of amides is 2. The van der Waals surface area contributed by atoms with Gasteiger partial charge in [-0.1, -0.05) is 12.1 Å². The molecule has 2 aromatic rings. The van der Waals surface area contributed by atoms with Gasteiger partial charge >= 0.3 is 6.03 Å². The SMILES string of the molecule is CC1CCN1c1ccc(C2CN(C(=O)N3CC[C@@H](c4ccn[nH]4)C3)C2)cc1. The highest BCUT2D eigenvalue weighted by molar-refractivity contribution is 5.76. The maximum absolute atomic E-state index is 12.8. The van der Waals surface area contributed by atoms with E-state index in [2.05, 4.69) is 46.3 Å². The van der Waals surface area contributed by atoms with Gasteiger partial charge in [-0.2, -0.15) is 5.10 Å². The molecule has 3 saturated heterocycles. The normalized spacial score (nSPS) is 25.4. The molecule has 0 radical (unpaired) electrons. The number of nitrogens with one attached hydrogen (secondary N) is 1. The number of nitrogens with zero attached hydrogens (tertiary/aromatic N) is 4. The van der Waals surface area contributed by atoms with Crippen LogP contribution in [0.4, 0.5) is 10.5 Å². The number of rotatable bonds is 3. The minimum atomic E-state index is 0.194. The number of likely N-dealkylation sites (tertiary alicyclic amines) is 2. The number of urea groups is 1. The van der Waals surface area contributed by atoms with Crippen molar-refractivity contribution in [1.29, 1.82) is 0 Å². The van der Waals surface area contributed by atoms with Crippen LogP contribution in [0.15, 0.2) is 36.5 Å². The second kappa shape index (κ2) is 6.59. The summed E-state index contributed by atoms with van der Waals surface area (Å²) in [7, 11) is 0. The number of hydrogen-bond acceptors (Lipinski definition) is 3. The molecule has 1 aromatic carbocycles. The number of anilines is 1. The number of aromatic amines is 1. The van der Waals surface area contributed by atoms with Crippen LogP contribution in [0.5, 0.6) is 0 Å². The van der Waals surface area contributed by atoms with Gasteiger partial charge in [0.25, 0.3) is 0 Å².